The van der Waals surface area contributed by atoms with Gasteiger partial charge in [-0.2, -0.15) is 0 Å². The molecule has 0 saturated heterocycles. The van der Waals surface area contributed by atoms with Crippen LogP contribution in [0.5, 0.6) is 11.5 Å². The molecule has 0 saturated carbocycles. The predicted octanol–water partition coefficient (Wildman–Crippen LogP) is 5.07. The Kier molecular flexibility index (Phi) is 4.62. The van der Waals surface area contributed by atoms with Gasteiger partial charge in [-0.1, -0.05) is 48.0 Å². The van der Waals surface area contributed by atoms with Gasteiger partial charge in [0.15, 0.2) is 5.43 Å². The summed E-state index contributed by atoms with van der Waals surface area (Å²) in [6.07, 6.45) is 0.271. The van der Waals surface area contributed by atoms with Gasteiger partial charge in [0.1, 0.15) is 22.8 Å². The number of ether oxygens (including phenoxy) is 1. The maximum Gasteiger partial charge on any atom is 0.196 e. The highest BCUT2D eigenvalue weighted by molar-refractivity contribution is 5.82. The fourth-order valence-electron chi connectivity index (χ4n) is 3.37. The third-order valence-corrected chi connectivity index (χ3v) is 4.83. The number of phenolic OH excluding ortho intramolecular Hbond substituents is 1. The molecule has 140 valence electrons. The van der Waals surface area contributed by atoms with E-state index in [1.807, 2.05) is 49.4 Å². The average molecular weight is 372 g/mol. The predicted molar refractivity (Wildman–Crippen MR) is 110 cm³/mol. The van der Waals surface area contributed by atoms with Crippen LogP contribution >= 0.6 is 0 Å². The van der Waals surface area contributed by atoms with E-state index in [0.717, 1.165) is 11.1 Å². The molecule has 0 spiro atoms. The van der Waals surface area contributed by atoms with Crippen LogP contribution in [0.3, 0.4) is 0 Å². The van der Waals surface area contributed by atoms with E-state index in [9.17, 15) is 9.90 Å². The van der Waals surface area contributed by atoms with Gasteiger partial charge in [-0.3, -0.25) is 4.79 Å². The van der Waals surface area contributed by atoms with Gasteiger partial charge in [-0.15, -0.1) is 0 Å². The Morgan fingerprint density at radius 3 is 2.54 bits per heavy atom. The monoisotopic (exact) mass is 372 g/mol. The molecule has 1 heterocycles. The Balaban J connectivity index is 1.99. The smallest absolute Gasteiger partial charge is 0.196 e. The van der Waals surface area contributed by atoms with Crippen LogP contribution in [-0.4, -0.2) is 12.2 Å². The zero-order valence-electron chi connectivity index (χ0n) is 15.7. The number of phenols is 1. The van der Waals surface area contributed by atoms with Crippen LogP contribution in [0.4, 0.5) is 0 Å². The third kappa shape index (κ3) is 3.25. The van der Waals surface area contributed by atoms with Crippen molar-refractivity contribution < 1.29 is 14.3 Å². The van der Waals surface area contributed by atoms with E-state index in [-0.39, 0.29) is 17.6 Å². The summed E-state index contributed by atoms with van der Waals surface area (Å²) in [5.41, 5.74) is 3.40. The molecule has 4 aromatic rings. The summed E-state index contributed by atoms with van der Waals surface area (Å²) in [7, 11) is 1.56. The van der Waals surface area contributed by atoms with Gasteiger partial charge in [-0.05, 0) is 36.8 Å². The lowest BCUT2D eigenvalue weighted by Crippen LogP contribution is -2.12. The quantitative estimate of drug-likeness (QED) is 0.543. The SMILES string of the molecule is COc1ccc2oc(-c3ccccc3)c(Cc3cc(C)ccc3O)c(=O)c2c1. The number of hydrogen-bond donors (Lipinski definition) is 1. The minimum atomic E-state index is -0.125. The lowest BCUT2D eigenvalue weighted by atomic mass is 9.97. The Hall–Kier alpha value is -3.53. The van der Waals surface area contributed by atoms with Crippen molar-refractivity contribution in [3.8, 4) is 22.8 Å². The number of aryl methyl sites for hydroxylation is 1. The van der Waals surface area contributed by atoms with Crippen LogP contribution in [0.2, 0.25) is 0 Å². The zero-order valence-corrected chi connectivity index (χ0v) is 15.7. The van der Waals surface area contributed by atoms with Crippen LogP contribution in [0.15, 0.2) is 75.9 Å². The Morgan fingerprint density at radius 2 is 1.79 bits per heavy atom. The van der Waals surface area contributed by atoms with Gasteiger partial charge in [0, 0.05) is 17.5 Å². The maximum atomic E-state index is 13.4. The second-order valence-electron chi connectivity index (χ2n) is 6.78. The molecule has 0 aliphatic rings. The van der Waals surface area contributed by atoms with E-state index in [2.05, 4.69) is 0 Å². The van der Waals surface area contributed by atoms with Gasteiger partial charge in [-0.25, -0.2) is 0 Å². The summed E-state index contributed by atoms with van der Waals surface area (Å²) in [5.74, 6) is 1.27. The molecule has 0 bridgehead atoms. The second-order valence-corrected chi connectivity index (χ2v) is 6.78. The van der Waals surface area contributed by atoms with Crippen molar-refractivity contribution in [3.63, 3.8) is 0 Å². The molecular formula is C24H20O4. The fourth-order valence-corrected chi connectivity index (χ4v) is 3.37. The van der Waals surface area contributed by atoms with Crippen molar-refractivity contribution >= 4 is 11.0 Å². The van der Waals surface area contributed by atoms with Gasteiger partial charge in [0.25, 0.3) is 0 Å². The van der Waals surface area contributed by atoms with Crippen molar-refractivity contribution in [3.05, 3.63) is 93.6 Å². The van der Waals surface area contributed by atoms with Gasteiger partial charge < -0.3 is 14.3 Å². The van der Waals surface area contributed by atoms with Crippen molar-refractivity contribution in [2.75, 3.05) is 7.11 Å². The number of benzene rings is 3. The summed E-state index contributed by atoms with van der Waals surface area (Å²) in [6.45, 7) is 1.95. The van der Waals surface area contributed by atoms with E-state index in [4.69, 9.17) is 9.15 Å². The van der Waals surface area contributed by atoms with Crippen molar-refractivity contribution in [2.45, 2.75) is 13.3 Å². The summed E-state index contributed by atoms with van der Waals surface area (Å²) in [6, 6.07) is 20.1. The number of rotatable bonds is 4. The summed E-state index contributed by atoms with van der Waals surface area (Å²) in [4.78, 5) is 13.4. The summed E-state index contributed by atoms with van der Waals surface area (Å²) < 4.78 is 11.4. The zero-order chi connectivity index (χ0) is 19.7. The molecule has 28 heavy (non-hydrogen) atoms. The maximum absolute atomic E-state index is 13.4. The lowest BCUT2D eigenvalue weighted by Gasteiger charge is -2.12. The van der Waals surface area contributed by atoms with E-state index >= 15 is 0 Å². The van der Waals surface area contributed by atoms with E-state index in [0.29, 0.717) is 33.6 Å². The standard InChI is InChI=1S/C24H20O4/c1-15-8-10-21(25)17(12-15)13-20-23(26)19-14-18(27-2)9-11-22(19)28-24(20)16-6-4-3-5-7-16/h3-12,14,25H,13H2,1-2H3. The molecule has 3 aromatic carbocycles. The first-order valence-electron chi connectivity index (χ1n) is 9.04. The molecule has 4 nitrogen and oxygen atoms in total. The first-order valence-corrected chi connectivity index (χ1v) is 9.04. The second kappa shape index (κ2) is 7.24. The Labute approximate surface area is 162 Å². The molecule has 0 aliphatic heterocycles. The van der Waals surface area contributed by atoms with Crippen molar-refractivity contribution in [2.24, 2.45) is 0 Å². The summed E-state index contributed by atoms with van der Waals surface area (Å²) >= 11 is 0. The van der Waals surface area contributed by atoms with Crippen LogP contribution in [-0.2, 0) is 6.42 Å². The van der Waals surface area contributed by atoms with Crippen molar-refractivity contribution in [1.82, 2.24) is 0 Å². The third-order valence-electron chi connectivity index (χ3n) is 4.83. The lowest BCUT2D eigenvalue weighted by molar-refractivity contribution is 0.415. The van der Waals surface area contributed by atoms with E-state index in [1.165, 1.54) is 0 Å². The highest BCUT2D eigenvalue weighted by Crippen LogP contribution is 2.30. The fraction of sp³-hybridized carbons (Fsp3) is 0.125. The van der Waals surface area contributed by atoms with Gasteiger partial charge >= 0.3 is 0 Å². The van der Waals surface area contributed by atoms with E-state index < -0.39 is 0 Å². The molecule has 0 unspecified atom stereocenters. The topological polar surface area (TPSA) is 59.7 Å². The van der Waals surface area contributed by atoms with Gasteiger partial charge in [0.05, 0.1) is 12.5 Å². The molecule has 0 radical (unpaired) electrons. The number of methoxy groups -OCH3 is 1. The number of hydrogen-bond acceptors (Lipinski definition) is 4. The highest BCUT2D eigenvalue weighted by Gasteiger charge is 2.18. The normalized spacial score (nSPS) is 10.9. The molecule has 0 fully saturated rings. The van der Waals surface area contributed by atoms with Crippen LogP contribution in [0, 0.1) is 6.92 Å². The van der Waals surface area contributed by atoms with Crippen LogP contribution < -0.4 is 10.2 Å². The largest absolute Gasteiger partial charge is 0.508 e. The minimum absolute atomic E-state index is 0.125. The van der Waals surface area contributed by atoms with E-state index in [1.54, 1.807) is 31.4 Å². The number of fused-ring (bicyclic) bond motifs is 1. The number of aromatic hydroxyl groups is 1. The average Bonchev–Trinajstić information content (AvgIpc) is 2.73. The molecule has 1 N–H and O–H groups in total. The molecule has 4 heteroatoms. The first kappa shape index (κ1) is 17.9. The van der Waals surface area contributed by atoms with Crippen LogP contribution in [0.25, 0.3) is 22.3 Å². The van der Waals surface area contributed by atoms with Crippen molar-refractivity contribution in [1.29, 1.82) is 0 Å². The molecule has 1 aromatic heterocycles. The first-order chi connectivity index (χ1) is 13.6. The molecular weight excluding hydrogens is 352 g/mol. The Morgan fingerprint density at radius 1 is 1.00 bits per heavy atom. The minimum Gasteiger partial charge on any atom is -0.508 e. The highest BCUT2D eigenvalue weighted by atomic mass is 16.5. The van der Waals surface area contributed by atoms with Gasteiger partial charge in [0.2, 0.25) is 0 Å². The molecule has 0 amide bonds. The summed E-state index contributed by atoms with van der Waals surface area (Å²) in [5, 5.41) is 10.8. The Bertz CT molecular complexity index is 1210. The van der Waals surface area contributed by atoms with Crippen LogP contribution in [0.1, 0.15) is 16.7 Å². The molecule has 4 rings (SSSR count). The molecule has 0 aliphatic carbocycles. The molecule has 0 atom stereocenters.